The molecule has 0 amide bonds. The number of hydrogen-bond donors (Lipinski definition) is 0. The Morgan fingerprint density at radius 3 is 2.37 bits per heavy atom. The van der Waals surface area contributed by atoms with Crippen molar-refractivity contribution in [2.45, 2.75) is 6.92 Å². The number of aliphatic imine (C=N–C) groups is 1. The lowest BCUT2D eigenvalue weighted by molar-refractivity contribution is 0.0729. The van der Waals surface area contributed by atoms with E-state index in [4.69, 9.17) is 18.9 Å². The maximum atomic E-state index is 12.4. The van der Waals surface area contributed by atoms with Gasteiger partial charge in [0, 0.05) is 6.21 Å². The Hall–Kier alpha value is -3.80. The van der Waals surface area contributed by atoms with Gasteiger partial charge in [-0.2, -0.15) is 0 Å². The molecule has 3 aromatic carbocycles. The molecule has 0 bridgehead atoms. The summed E-state index contributed by atoms with van der Waals surface area (Å²) in [5, 5.41) is 0. The van der Waals surface area contributed by atoms with Crippen molar-refractivity contribution in [3.05, 3.63) is 77.9 Å². The van der Waals surface area contributed by atoms with Crippen LogP contribution in [0, 0.1) is 0 Å². The molecule has 0 aromatic heterocycles. The van der Waals surface area contributed by atoms with Crippen molar-refractivity contribution >= 4 is 17.9 Å². The average molecular weight is 405 g/mol. The van der Waals surface area contributed by atoms with Gasteiger partial charge in [-0.15, -0.1) is 0 Å². The van der Waals surface area contributed by atoms with Crippen LogP contribution in [0.1, 0.15) is 22.8 Å². The van der Waals surface area contributed by atoms with Crippen molar-refractivity contribution < 1.29 is 23.7 Å². The van der Waals surface area contributed by atoms with Gasteiger partial charge in [0.1, 0.15) is 17.2 Å². The molecule has 3 aromatic rings. The third kappa shape index (κ3) is 5.17. The summed E-state index contributed by atoms with van der Waals surface area (Å²) >= 11 is 0. The normalized spacial score (nSPS) is 10.6. The second-order valence-corrected chi connectivity index (χ2v) is 6.19. The summed E-state index contributed by atoms with van der Waals surface area (Å²) in [5.41, 5.74) is 1.94. The van der Waals surface area contributed by atoms with Crippen LogP contribution in [-0.2, 0) is 0 Å². The summed E-state index contributed by atoms with van der Waals surface area (Å²) in [6, 6.07) is 19.5. The molecule has 0 aliphatic carbocycles. The predicted molar refractivity (Wildman–Crippen MR) is 116 cm³/mol. The SMILES string of the molecule is CCOc1ccccc1N=Cc1ccc(OC(=O)c2ccc(OC)cc2)c(OC)c1. The van der Waals surface area contributed by atoms with Gasteiger partial charge in [-0.1, -0.05) is 12.1 Å². The number of nitrogens with zero attached hydrogens (tertiary/aromatic N) is 1. The van der Waals surface area contributed by atoms with Gasteiger partial charge in [0.25, 0.3) is 0 Å². The third-order valence-corrected chi connectivity index (χ3v) is 4.23. The number of carbonyl (C=O) groups excluding carboxylic acids is 1. The maximum Gasteiger partial charge on any atom is 0.343 e. The summed E-state index contributed by atoms with van der Waals surface area (Å²) in [4.78, 5) is 16.9. The number of hydrogen-bond acceptors (Lipinski definition) is 6. The molecule has 0 saturated heterocycles. The number of carbonyl (C=O) groups is 1. The zero-order valence-corrected chi connectivity index (χ0v) is 17.1. The highest BCUT2D eigenvalue weighted by Crippen LogP contribution is 2.30. The fourth-order valence-electron chi connectivity index (χ4n) is 2.72. The first-order valence-electron chi connectivity index (χ1n) is 9.44. The first-order chi connectivity index (χ1) is 14.6. The lowest BCUT2D eigenvalue weighted by Crippen LogP contribution is -2.09. The van der Waals surface area contributed by atoms with Crippen LogP contribution in [0.2, 0.25) is 0 Å². The van der Waals surface area contributed by atoms with Crippen molar-refractivity contribution in [1.82, 2.24) is 0 Å². The minimum atomic E-state index is -0.483. The lowest BCUT2D eigenvalue weighted by Gasteiger charge is -2.10. The van der Waals surface area contributed by atoms with Gasteiger partial charge in [-0.3, -0.25) is 4.99 Å². The zero-order valence-electron chi connectivity index (χ0n) is 17.1. The smallest absolute Gasteiger partial charge is 0.343 e. The number of ether oxygens (including phenoxy) is 4. The molecule has 0 radical (unpaired) electrons. The Morgan fingerprint density at radius 1 is 0.900 bits per heavy atom. The van der Waals surface area contributed by atoms with Gasteiger partial charge < -0.3 is 18.9 Å². The quantitative estimate of drug-likeness (QED) is 0.297. The molecule has 6 heteroatoms. The Balaban J connectivity index is 1.77. The highest BCUT2D eigenvalue weighted by atomic mass is 16.6. The van der Waals surface area contributed by atoms with Crippen LogP contribution < -0.4 is 18.9 Å². The molecule has 0 N–H and O–H groups in total. The molecule has 0 atom stereocenters. The molecule has 0 aliphatic rings. The fraction of sp³-hybridized carbons (Fsp3) is 0.167. The molecular formula is C24H23NO5. The molecule has 0 saturated carbocycles. The van der Waals surface area contributed by atoms with Crippen LogP contribution in [0.15, 0.2) is 71.7 Å². The molecular weight excluding hydrogens is 382 g/mol. The van der Waals surface area contributed by atoms with Gasteiger partial charge in [0.2, 0.25) is 0 Å². The van der Waals surface area contributed by atoms with Gasteiger partial charge in [0.15, 0.2) is 11.5 Å². The monoisotopic (exact) mass is 405 g/mol. The average Bonchev–Trinajstić information content (AvgIpc) is 2.79. The summed E-state index contributed by atoms with van der Waals surface area (Å²) in [5.74, 6) is 1.65. The largest absolute Gasteiger partial charge is 0.497 e. The van der Waals surface area contributed by atoms with E-state index in [2.05, 4.69) is 4.99 Å². The second-order valence-electron chi connectivity index (χ2n) is 6.19. The summed E-state index contributed by atoms with van der Waals surface area (Å²) in [6.07, 6.45) is 1.70. The predicted octanol–water partition coefficient (Wildman–Crippen LogP) is 5.07. The molecule has 3 rings (SSSR count). The molecule has 0 heterocycles. The number of methoxy groups -OCH3 is 2. The number of rotatable bonds is 8. The molecule has 154 valence electrons. The first kappa shape index (κ1) is 20.9. The van der Waals surface area contributed by atoms with E-state index in [9.17, 15) is 4.79 Å². The van der Waals surface area contributed by atoms with Gasteiger partial charge in [0.05, 0.1) is 26.4 Å². The summed E-state index contributed by atoms with van der Waals surface area (Å²) in [6.45, 7) is 2.49. The van der Waals surface area contributed by atoms with E-state index in [1.807, 2.05) is 31.2 Å². The number of para-hydroxylation sites is 2. The topological polar surface area (TPSA) is 66.4 Å². The zero-order chi connectivity index (χ0) is 21.3. The molecule has 0 fully saturated rings. The van der Waals surface area contributed by atoms with Gasteiger partial charge in [-0.05, 0) is 67.1 Å². The molecule has 0 spiro atoms. The van der Waals surface area contributed by atoms with Crippen LogP contribution in [0.4, 0.5) is 5.69 Å². The van der Waals surface area contributed by atoms with E-state index in [1.54, 1.807) is 55.8 Å². The van der Waals surface area contributed by atoms with Crippen molar-refractivity contribution in [3.8, 4) is 23.0 Å². The summed E-state index contributed by atoms with van der Waals surface area (Å²) in [7, 11) is 3.09. The van der Waals surface area contributed by atoms with E-state index in [0.29, 0.717) is 35.2 Å². The second kappa shape index (κ2) is 10.1. The minimum absolute atomic E-state index is 0.324. The van der Waals surface area contributed by atoms with Crippen LogP contribution in [0.3, 0.4) is 0 Å². The fourth-order valence-corrected chi connectivity index (χ4v) is 2.72. The van der Waals surface area contributed by atoms with Crippen LogP contribution in [-0.4, -0.2) is 33.0 Å². The van der Waals surface area contributed by atoms with E-state index in [0.717, 1.165) is 11.3 Å². The van der Waals surface area contributed by atoms with Crippen molar-refractivity contribution in [2.75, 3.05) is 20.8 Å². The number of esters is 1. The van der Waals surface area contributed by atoms with Gasteiger partial charge >= 0.3 is 5.97 Å². The number of benzene rings is 3. The minimum Gasteiger partial charge on any atom is -0.497 e. The highest BCUT2D eigenvalue weighted by molar-refractivity contribution is 5.92. The molecule has 6 nitrogen and oxygen atoms in total. The summed E-state index contributed by atoms with van der Waals surface area (Å²) < 4.78 is 21.6. The Labute approximate surface area is 175 Å². The lowest BCUT2D eigenvalue weighted by atomic mass is 10.2. The van der Waals surface area contributed by atoms with E-state index < -0.39 is 5.97 Å². The van der Waals surface area contributed by atoms with Crippen molar-refractivity contribution in [2.24, 2.45) is 4.99 Å². The highest BCUT2D eigenvalue weighted by Gasteiger charge is 2.13. The Bertz CT molecular complexity index is 1030. The first-order valence-corrected chi connectivity index (χ1v) is 9.44. The van der Waals surface area contributed by atoms with Crippen LogP contribution in [0.25, 0.3) is 0 Å². The van der Waals surface area contributed by atoms with Gasteiger partial charge in [-0.25, -0.2) is 4.79 Å². The van der Waals surface area contributed by atoms with E-state index >= 15 is 0 Å². The Morgan fingerprint density at radius 2 is 1.67 bits per heavy atom. The Kier molecular flexibility index (Phi) is 7.05. The molecule has 0 unspecified atom stereocenters. The maximum absolute atomic E-state index is 12.4. The molecule has 0 aliphatic heterocycles. The van der Waals surface area contributed by atoms with E-state index in [1.165, 1.54) is 7.11 Å². The molecule has 30 heavy (non-hydrogen) atoms. The standard InChI is InChI=1S/C24H23NO5/c1-4-29-21-8-6-5-7-20(21)25-16-17-9-14-22(23(15-17)28-3)30-24(26)18-10-12-19(27-2)13-11-18/h5-16H,4H2,1-3H3. The van der Waals surface area contributed by atoms with E-state index in [-0.39, 0.29) is 0 Å². The van der Waals surface area contributed by atoms with Crippen LogP contribution >= 0.6 is 0 Å². The van der Waals surface area contributed by atoms with Crippen LogP contribution in [0.5, 0.6) is 23.0 Å². The van der Waals surface area contributed by atoms with Crippen molar-refractivity contribution in [1.29, 1.82) is 0 Å². The van der Waals surface area contributed by atoms with Crippen molar-refractivity contribution in [3.63, 3.8) is 0 Å². The third-order valence-electron chi connectivity index (χ3n) is 4.23.